The largest absolute Gasteiger partial charge is 0.361 e. The monoisotopic (exact) mass is 317 g/mol. The Morgan fingerprint density at radius 1 is 1.04 bits per heavy atom. The number of aromatic nitrogens is 5. The summed E-state index contributed by atoms with van der Waals surface area (Å²) in [5, 5.41) is 16.2. The van der Waals surface area contributed by atoms with Gasteiger partial charge >= 0.3 is 0 Å². The molecule has 0 atom stereocenters. The molecule has 1 saturated carbocycles. The normalized spacial score (nSPS) is 20.3. The van der Waals surface area contributed by atoms with Gasteiger partial charge in [-0.15, -0.1) is 5.10 Å². The van der Waals surface area contributed by atoms with E-state index < -0.39 is 0 Å². The molecule has 0 aromatic carbocycles. The SMILES string of the molecule is Cc1noc(C)c1CN1CCN(Cc2nnnn2C2CC2)CC1. The lowest BCUT2D eigenvalue weighted by Crippen LogP contribution is -2.45. The highest BCUT2D eigenvalue weighted by Gasteiger charge is 2.29. The van der Waals surface area contributed by atoms with Gasteiger partial charge < -0.3 is 4.52 Å². The van der Waals surface area contributed by atoms with Gasteiger partial charge in [-0.05, 0) is 37.1 Å². The molecular formula is C15H23N7O. The molecule has 2 aromatic heterocycles. The van der Waals surface area contributed by atoms with Gasteiger partial charge in [-0.2, -0.15) is 0 Å². The summed E-state index contributed by atoms with van der Waals surface area (Å²) in [5.41, 5.74) is 2.24. The van der Waals surface area contributed by atoms with Crippen LogP contribution in [0, 0.1) is 13.8 Å². The van der Waals surface area contributed by atoms with Crippen molar-refractivity contribution in [2.24, 2.45) is 0 Å². The summed E-state index contributed by atoms with van der Waals surface area (Å²) < 4.78 is 7.27. The molecular weight excluding hydrogens is 294 g/mol. The third kappa shape index (κ3) is 3.13. The molecule has 0 spiro atoms. The van der Waals surface area contributed by atoms with E-state index in [1.54, 1.807) is 0 Å². The van der Waals surface area contributed by atoms with Gasteiger partial charge in [0.15, 0.2) is 5.82 Å². The zero-order valence-electron chi connectivity index (χ0n) is 13.8. The van der Waals surface area contributed by atoms with E-state index in [-0.39, 0.29) is 0 Å². The first-order chi connectivity index (χ1) is 11.2. The van der Waals surface area contributed by atoms with Crippen molar-refractivity contribution < 1.29 is 4.52 Å². The Kier molecular flexibility index (Phi) is 3.86. The van der Waals surface area contributed by atoms with Gasteiger partial charge in [-0.1, -0.05) is 5.16 Å². The number of nitrogens with zero attached hydrogens (tertiary/aromatic N) is 7. The number of tetrazole rings is 1. The first kappa shape index (κ1) is 14.8. The van der Waals surface area contributed by atoms with Gasteiger partial charge in [0.25, 0.3) is 0 Å². The van der Waals surface area contributed by atoms with E-state index in [1.807, 2.05) is 18.5 Å². The van der Waals surface area contributed by atoms with E-state index in [0.29, 0.717) is 6.04 Å². The minimum absolute atomic E-state index is 0.542. The average Bonchev–Trinajstić information content (AvgIpc) is 3.23. The summed E-state index contributed by atoms with van der Waals surface area (Å²) in [6.07, 6.45) is 2.42. The fraction of sp³-hybridized carbons (Fsp3) is 0.733. The lowest BCUT2D eigenvalue weighted by molar-refractivity contribution is 0.118. The number of aryl methyl sites for hydroxylation is 2. The van der Waals surface area contributed by atoms with Crippen LogP contribution < -0.4 is 0 Å². The van der Waals surface area contributed by atoms with Crippen LogP contribution in [-0.2, 0) is 13.1 Å². The molecule has 8 nitrogen and oxygen atoms in total. The van der Waals surface area contributed by atoms with Crippen molar-refractivity contribution in [2.75, 3.05) is 26.2 Å². The molecule has 1 saturated heterocycles. The lowest BCUT2D eigenvalue weighted by Gasteiger charge is -2.34. The second-order valence-corrected chi connectivity index (χ2v) is 6.63. The van der Waals surface area contributed by atoms with Crippen LogP contribution in [0.4, 0.5) is 0 Å². The second kappa shape index (κ2) is 6.01. The highest BCUT2D eigenvalue weighted by molar-refractivity contribution is 5.20. The minimum Gasteiger partial charge on any atom is -0.361 e. The van der Waals surface area contributed by atoms with Crippen LogP contribution in [-0.4, -0.2) is 61.3 Å². The molecule has 2 aliphatic rings. The number of rotatable bonds is 5. The zero-order chi connectivity index (χ0) is 15.8. The number of piperazine rings is 1. The molecule has 0 radical (unpaired) electrons. The molecule has 0 unspecified atom stereocenters. The summed E-state index contributed by atoms with van der Waals surface area (Å²) in [6.45, 7) is 9.96. The van der Waals surface area contributed by atoms with Gasteiger partial charge in [0, 0.05) is 38.3 Å². The Labute approximate surface area is 135 Å². The van der Waals surface area contributed by atoms with Crippen molar-refractivity contribution in [3.63, 3.8) is 0 Å². The van der Waals surface area contributed by atoms with Gasteiger partial charge in [-0.3, -0.25) is 9.80 Å². The zero-order valence-corrected chi connectivity index (χ0v) is 13.8. The van der Waals surface area contributed by atoms with Crippen LogP contribution >= 0.6 is 0 Å². The predicted octanol–water partition coefficient (Wildman–Crippen LogP) is 0.931. The summed E-state index contributed by atoms with van der Waals surface area (Å²) in [6, 6.07) is 0.542. The Balaban J connectivity index is 1.31. The van der Waals surface area contributed by atoms with Crippen molar-refractivity contribution >= 4 is 0 Å². The first-order valence-corrected chi connectivity index (χ1v) is 8.34. The molecule has 8 heteroatoms. The molecule has 2 fully saturated rings. The van der Waals surface area contributed by atoms with Crippen molar-refractivity contribution in [1.29, 1.82) is 0 Å². The van der Waals surface area contributed by atoms with Crippen LogP contribution in [0.5, 0.6) is 0 Å². The Bertz CT molecular complexity index is 648. The van der Waals surface area contributed by atoms with Crippen LogP contribution in [0.1, 0.15) is 41.7 Å². The van der Waals surface area contributed by atoms with E-state index >= 15 is 0 Å². The Morgan fingerprint density at radius 3 is 2.35 bits per heavy atom. The third-order valence-corrected chi connectivity index (χ3v) is 4.85. The molecule has 4 rings (SSSR count). The third-order valence-electron chi connectivity index (χ3n) is 4.85. The maximum atomic E-state index is 5.26. The molecule has 0 bridgehead atoms. The van der Waals surface area contributed by atoms with Crippen LogP contribution in [0.3, 0.4) is 0 Å². The van der Waals surface area contributed by atoms with E-state index in [1.165, 1.54) is 18.4 Å². The fourth-order valence-electron chi connectivity index (χ4n) is 3.18. The van der Waals surface area contributed by atoms with Crippen molar-refractivity contribution in [3.8, 4) is 0 Å². The molecule has 1 aliphatic carbocycles. The maximum absolute atomic E-state index is 5.26. The van der Waals surface area contributed by atoms with E-state index in [2.05, 4.69) is 30.5 Å². The highest BCUT2D eigenvalue weighted by Crippen LogP contribution is 2.34. The van der Waals surface area contributed by atoms with Crippen molar-refractivity contribution in [2.45, 2.75) is 45.8 Å². The Hall–Kier alpha value is -1.80. The number of hydrogen-bond donors (Lipinski definition) is 0. The topological polar surface area (TPSA) is 76.1 Å². The van der Waals surface area contributed by atoms with Gasteiger partial charge in [0.1, 0.15) is 5.76 Å². The van der Waals surface area contributed by atoms with Crippen molar-refractivity contribution in [1.82, 2.24) is 35.2 Å². The molecule has 23 heavy (non-hydrogen) atoms. The standard InChI is InChI=1S/C15H23N7O/c1-11-14(12(2)23-17-11)9-20-5-7-21(8-6-20)10-15-16-18-19-22(15)13-3-4-13/h13H,3-10H2,1-2H3. The van der Waals surface area contributed by atoms with E-state index in [0.717, 1.165) is 56.5 Å². The van der Waals surface area contributed by atoms with E-state index in [4.69, 9.17) is 4.52 Å². The lowest BCUT2D eigenvalue weighted by atomic mass is 10.2. The summed E-state index contributed by atoms with van der Waals surface area (Å²) in [7, 11) is 0. The highest BCUT2D eigenvalue weighted by atomic mass is 16.5. The summed E-state index contributed by atoms with van der Waals surface area (Å²) in [4.78, 5) is 4.90. The molecule has 0 N–H and O–H groups in total. The predicted molar refractivity (Wildman–Crippen MR) is 82.6 cm³/mol. The van der Waals surface area contributed by atoms with Crippen LogP contribution in [0.25, 0.3) is 0 Å². The van der Waals surface area contributed by atoms with Gasteiger partial charge in [0.05, 0.1) is 18.3 Å². The smallest absolute Gasteiger partial charge is 0.165 e. The van der Waals surface area contributed by atoms with Crippen molar-refractivity contribution in [3.05, 3.63) is 22.8 Å². The minimum atomic E-state index is 0.542. The molecule has 124 valence electrons. The average molecular weight is 317 g/mol. The summed E-state index contributed by atoms with van der Waals surface area (Å²) in [5.74, 6) is 1.94. The Morgan fingerprint density at radius 2 is 1.74 bits per heavy atom. The van der Waals surface area contributed by atoms with Gasteiger partial charge in [0.2, 0.25) is 0 Å². The van der Waals surface area contributed by atoms with Crippen LogP contribution in [0.2, 0.25) is 0 Å². The number of hydrogen-bond acceptors (Lipinski definition) is 7. The summed E-state index contributed by atoms with van der Waals surface area (Å²) >= 11 is 0. The first-order valence-electron chi connectivity index (χ1n) is 8.34. The maximum Gasteiger partial charge on any atom is 0.165 e. The molecule has 2 aromatic rings. The molecule has 3 heterocycles. The second-order valence-electron chi connectivity index (χ2n) is 6.63. The quantitative estimate of drug-likeness (QED) is 0.812. The molecule has 1 aliphatic heterocycles. The molecule has 0 amide bonds. The van der Waals surface area contributed by atoms with E-state index in [9.17, 15) is 0 Å². The van der Waals surface area contributed by atoms with Gasteiger partial charge in [-0.25, -0.2) is 4.68 Å². The van der Waals surface area contributed by atoms with Crippen LogP contribution in [0.15, 0.2) is 4.52 Å². The fourth-order valence-corrected chi connectivity index (χ4v) is 3.18.